The largest absolute Gasteiger partial charge is 0.0985 e. The van der Waals surface area contributed by atoms with Crippen molar-refractivity contribution < 1.29 is 0 Å². The van der Waals surface area contributed by atoms with Crippen LogP contribution >= 0.6 is 0 Å². The molecular formula is C14H24. The Hall–Kier alpha value is -0.700. The third-order valence-electron chi connectivity index (χ3n) is 2.18. The van der Waals surface area contributed by atoms with Gasteiger partial charge < -0.3 is 0 Å². The maximum absolute atomic E-state index is 3.17. The second-order valence-corrected chi connectivity index (χ2v) is 3.68. The Balaban J connectivity index is 3.22. The summed E-state index contributed by atoms with van der Waals surface area (Å²) >= 11 is 0. The van der Waals surface area contributed by atoms with E-state index in [1.165, 1.54) is 44.9 Å². The third kappa shape index (κ3) is 11.3. The van der Waals surface area contributed by atoms with Crippen LogP contribution in [0.4, 0.5) is 0 Å². The normalized spacial score (nSPS) is 10.1. The molecule has 0 saturated heterocycles. The Morgan fingerprint density at radius 2 is 1.64 bits per heavy atom. The van der Waals surface area contributed by atoms with Crippen LogP contribution in [0.25, 0.3) is 0 Å². The molecule has 0 bridgehead atoms. The van der Waals surface area contributed by atoms with Gasteiger partial charge in [0, 0.05) is 6.42 Å². The molecule has 0 N–H and O–H groups in total. The maximum atomic E-state index is 3.17. The summed E-state index contributed by atoms with van der Waals surface area (Å²) < 4.78 is 0. The third-order valence-corrected chi connectivity index (χ3v) is 2.18. The summed E-state index contributed by atoms with van der Waals surface area (Å²) in [5, 5.41) is 0. The van der Waals surface area contributed by atoms with Crippen LogP contribution in [0, 0.1) is 11.8 Å². The zero-order valence-electron chi connectivity index (χ0n) is 9.81. The van der Waals surface area contributed by atoms with Crippen LogP contribution in [-0.2, 0) is 0 Å². The molecule has 0 aliphatic rings. The minimum atomic E-state index is 1.06. The molecule has 0 nitrogen and oxygen atoms in total. The molecule has 0 aromatic carbocycles. The lowest BCUT2D eigenvalue weighted by Gasteiger charge is -1.89. The first-order valence-electron chi connectivity index (χ1n) is 6.05. The van der Waals surface area contributed by atoms with Crippen molar-refractivity contribution in [1.82, 2.24) is 0 Å². The summed E-state index contributed by atoms with van der Waals surface area (Å²) in [7, 11) is 0. The Morgan fingerprint density at radius 3 is 2.36 bits per heavy atom. The molecule has 0 aromatic heterocycles. The molecule has 0 saturated carbocycles. The average molecular weight is 192 g/mol. The first-order chi connectivity index (χ1) is 6.91. The van der Waals surface area contributed by atoms with Crippen LogP contribution in [0.2, 0.25) is 0 Å². The van der Waals surface area contributed by atoms with Gasteiger partial charge in [0.15, 0.2) is 0 Å². The number of unbranched alkanes of at least 4 members (excludes halogenated alkanes) is 6. The lowest BCUT2D eigenvalue weighted by atomic mass is 10.2. The first-order valence-corrected chi connectivity index (χ1v) is 6.05. The van der Waals surface area contributed by atoms with Crippen LogP contribution in [0.5, 0.6) is 0 Å². The smallest absolute Gasteiger partial charge is 0.00922 e. The van der Waals surface area contributed by atoms with E-state index in [0.29, 0.717) is 0 Å². The van der Waals surface area contributed by atoms with Gasteiger partial charge in [-0.2, -0.15) is 0 Å². The second-order valence-electron chi connectivity index (χ2n) is 3.68. The van der Waals surface area contributed by atoms with Gasteiger partial charge >= 0.3 is 0 Å². The van der Waals surface area contributed by atoms with E-state index in [-0.39, 0.29) is 0 Å². The fourth-order valence-corrected chi connectivity index (χ4v) is 1.25. The summed E-state index contributed by atoms with van der Waals surface area (Å²) in [6.45, 7) is 4.46. The first kappa shape index (κ1) is 13.3. The molecule has 0 spiro atoms. The van der Waals surface area contributed by atoms with Gasteiger partial charge in [0.2, 0.25) is 0 Å². The number of hydrogen-bond acceptors (Lipinski definition) is 0. The molecule has 0 atom stereocenters. The Bertz CT molecular complexity index is 178. The van der Waals surface area contributed by atoms with Gasteiger partial charge in [-0.15, -0.1) is 0 Å². The molecule has 0 fully saturated rings. The van der Waals surface area contributed by atoms with Crippen LogP contribution in [0.1, 0.15) is 65.2 Å². The summed E-state index contributed by atoms with van der Waals surface area (Å²) in [6, 6.07) is 0. The number of allylic oxidation sites excluding steroid dienone is 2. The zero-order valence-corrected chi connectivity index (χ0v) is 9.81. The molecule has 80 valence electrons. The predicted molar refractivity (Wildman–Crippen MR) is 65.2 cm³/mol. The second kappa shape index (κ2) is 12.3. The summed E-state index contributed by atoms with van der Waals surface area (Å²) in [4.78, 5) is 0. The van der Waals surface area contributed by atoms with Crippen LogP contribution in [-0.4, -0.2) is 0 Å². The van der Waals surface area contributed by atoms with E-state index in [9.17, 15) is 0 Å². The van der Waals surface area contributed by atoms with Crippen LogP contribution < -0.4 is 0 Å². The molecule has 0 aliphatic heterocycles. The van der Waals surface area contributed by atoms with E-state index in [4.69, 9.17) is 0 Å². The van der Waals surface area contributed by atoms with E-state index in [1.54, 1.807) is 0 Å². The van der Waals surface area contributed by atoms with Crippen molar-refractivity contribution in [3.05, 3.63) is 12.2 Å². The van der Waals surface area contributed by atoms with E-state index in [1.807, 2.05) is 6.08 Å². The topological polar surface area (TPSA) is 0 Å². The molecular weight excluding hydrogens is 168 g/mol. The highest BCUT2D eigenvalue weighted by Crippen LogP contribution is 1.99. The van der Waals surface area contributed by atoms with Crippen LogP contribution in [0.3, 0.4) is 0 Å². The van der Waals surface area contributed by atoms with Crippen molar-refractivity contribution >= 4 is 0 Å². The quantitative estimate of drug-likeness (QED) is 0.405. The average Bonchev–Trinajstić information content (AvgIpc) is 2.21. The van der Waals surface area contributed by atoms with E-state index >= 15 is 0 Å². The SMILES string of the molecule is CCCCCC#CC=CCCCCC. The fourth-order valence-electron chi connectivity index (χ4n) is 1.25. The lowest BCUT2D eigenvalue weighted by molar-refractivity contribution is 0.729. The molecule has 0 heterocycles. The molecule has 14 heavy (non-hydrogen) atoms. The van der Waals surface area contributed by atoms with E-state index < -0.39 is 0 Å². The number of hydrogen-bond donors (Lipinski definition) is 0. The van der Waals surface area contributed by atoms with Crippen molar-refractivity contribution in [2.45, 2.75) is 65.2 Å². The van der Waals surface area contributed by atoms with Crippen molar-refractivity contribution in [3.63, 3.8) is 0 Å². The standard InChI is InChI=1S/C14H24/c1-3-5-7-9-11-13-14-12-10-8-6-4-2/h11,13H,3-10H2,1-2H3. The molecule has 0 amide bonds. The molecule has 0 rings (SSSR count). The van der Waals surface area contributed by atoms with Gasteiger partial charge in [-0.3, -0.25) is 0 Å². The van der Waals surface area contributed by atoms with Crippen molar-refractivity contribution in [1.29, 1.82) is 0 Å². The molecule has 0 unspecified atom stereocenters. The predicted octanol–water partition coefficient (Wildman–Crippen LogP) is 4.71. The molecule has 0 aromatic rings. The summed E-state index contributed by atoms with van der Waals surface area (Å²) in [5.74, 6) is 6.26. The lowest BCUT2D eigenvalue weighted by Crippen LogP contribution is -1.71. The fraction of sp³-hybridized carbons (Fsp3) is 0.714. The van der Waals surface area contributed by atoms with Gasteiger partial charge in [0.05, 0.1) is 0 Å². The van der Waals surface area contributed by atoms with Gasteiger partial charge in [0.25, 0.3) is 0 Å². The van der Waals surface area contributed by atoms with Gasteiger partial charge in [-0.25, -0.2) is 0 Å². The Morgan fingerprint density at radius 1 is 0.929 bits per heavy atom. The van der Waals surface area contributed by atoms with Crippen molar-refractivity contribution in [2.75, 3.05) is 0 Å². The highest BCUT2D eigenvalue weighted by molar-refractivity contribution is 5.14. The Labute approximate surface area is 89.8 Å². The minimum absolute atomic E-state index is 1.06. The monoisotopic (exact) mass is 192 g/mol. The summed E-state index contributed by atoms with van der Waals surface area (Å²) in [6.07, 6.45) is 14.3. The van der Waals surface area contributed by atoms with Gasteiger partial charge in [-0.05, 0) is 25.3 Å². The molecule has 0 aliphatic carbocycles. The minimum Gasteiger partial charge on any atom is -0.0985 e. The number of rotatable bonds is 7. The highest BCUT2D eigenvalue weighted by Gasteiger charge is 1.81. The summed E-state index contributed by atoms with van der Waals surface area (Å²) in [5.41, 5.74) is 0. The maximum Gasteiger partial charge on any atom is 0.00922 e. The van der Waals surface area contributed by atoms with Crippen molar-refractivity contribution in [3.8, 4) is 11.8 Å². The molecule has 0 heteroatoms. The van der Waals surface area contributed by atoms with E-state index in [0.717, 1.165) is 6.42 Å². The van der Waals surface area contributed by atoms with Crippen molar-refractivity contribution in [2.24, 2.45) is 0 Å². The van der Waals surface area contributed by atoms with E-state index in [2.05, 4.69) is 31.8 Å². The zero-order chi connectivity index (χ0) is 10.5. The van der Waals surface area contributed by atoms with Crippen LogP contribution in [0.15, 0.2) is 12.2 Å². The van der Waals surface area contributed by atoms with Gasteiger partial charge in [0.1, 0.15) is 0 Å². The van der Waals surface area contributed by atoms with Gasteiger partial charge in [-0.1, -0.05) is 57.4 Å². The Kier molecular flexibility index (Phi) is 11.7. The molecule has 0 radical (unpaired) electrons. The highest BCUT2D eigenvalue weighted by atomic mass is 13.9.